The summed E-state index contributed by atoms with van der Waals surface area (Å²) < 4.78 is 0. The number of amides is 1. The Labute approximate surface area is 110 Å². The molecular weight excluding hydrogens is 246 g/mol. The van der Waals surface area contributed by atoms with Crippen molar-refractivity contribution in [1.82, 2.24) is 4.90 Å². The average Bonchev–Trinajstić information content (AvgIpc) is 2.84. The Kier molecular flexibility index (Phi) is 3.99. The molecule has 1 aromatic heterocycles. The average molecular weight is 261 g/mol. The molecule has 0 saturated heterocycles. The van der Waals surface area contributed by atoms with Gasteiger partial charge in [-0.3, -0.25) is 4.79 Å². The van der Waals surface area contributed by atoms with Gasteiger partial charge in [-0.05, 0) is 17.5 Å². The number of hydrogen-bond donors (Lipinski definition) is 1. The van der Waals surface area contributed by atoms with Gasteiger partial charge in [-0.1, -0.05) is 24.3 Å². The van der Waals surface area contributed by atoms with Gasteiger partial charge in [-0.2, -0.15) is 0 Å². The SMILES string of the molecule is CN(Cc1cccs1)C(=O)Cc1ccccc1O. The number of carbonyl (C=O) groups is 1. The van der Waals surface area contributed by atoms with Crippen molar-refractivity contribution in [3.8, 4) is 5.75 Å². The lowest BCUT2D eigenvalue weighted by Gasteiger charge is -2.16. The standard InChI is InChI=1S/C14H15NO2S/c1-15(10-12-6-4-8-18-12)14(17)9-11-5-2-3-7-13(11)16/h2-8,16H,9-10H2,1H3. The Morgan fingerprint density at radius 2 is 2.06 bits per heavy atom. The molecule has 3 nitrogen and oxygen atoms in total. The number of likely N-dealkylation sites (N-methyl/N-ethyl adjacent to an activating group) is 1. The smallest absolute Gasteiger partial charge is 0.227 e. The number of carbonyl (C=O) groups excluding carboxylic acids is 1. The van der Waals surface area contributed by atoms with E-state index in [0.29, 0.717) is 12.1 Å². The fourth-order valence-corrected chi connectivity index (χ4v) is 2.44. The lowest BCUT2D eigenvalue weighted by molar-refractivity contribution is -0.129. The van der Waals surface area contributed by atoms with Gasteiger partial charge in [-0.15, -0.1) is 11.3 Å². The first-order valence-electron chi connectivity index (χ1n) is 5.70. The first-order chi connectivity index (χ1) is 8.66. The van der Waals surface area contributed by atoms with Gasteiger partial charge in [0.05, 0.1) is 13.0 Å². The van der Waals surface area contributed by atoms with Crippen LogP contribution in [0.25, 0.3) is 0 Å². The summed E-state index contributed by atoms with van der Waals surface area (Å²) in [5.74, 6) is 0.181. The van der Waals surface area contributed by atoms with Crippen LogP contribution in [0.1, 0.15) is 10.4 Å². The van der Waals surface area contributed by atoms with Crippen molar-refractivity contribution < 1.29 is 9.90 Å². The Morgan fingerprint density at radius 3 is 2.72 bits per heavy atom. The maximum atomic E-state index is 12.0. The third-order valence-corrected chi connectivity index (χ3v) is 3.59. The second kappa shape index (κ2) is 5.69. The first kappa shape index (κ1) is 12.6. The summed E-state index contributed by atoms with van der Waals surface area (Å²) in [5, 5.41) is 11.6. The molecule has 94 valence electrons. The van der Waals surface area contributed by atoms with Gasteiger partial charge in [0.1, 0.15) is 5.75 Å². The maximum absolute atomic E-state index is 12.0. The summed E-state index contributed by atoms with van der Waals surface area (Å²) in [4.78, 5) is 14.8. The van der Waals surface area contributed by atoms with E-state index in [1.807, 2.05) is 23.6 Å². The first-order valence-corrected chi connectivity index (χ1v) is 6.58. The fraction of sp³-hybridized carbons (Fsp3) is 0.214. The summed E-state index contributed by atoms with van der Waals surface area (Å²) >= 11 is 1.63. The molecule has 0 unspecified atom stereocenters. The van der Waals surface area contributed by atoms with Crippen LogP contribution in [0.2, 0.25) is 0 Å². The van der Waals surface area contributed by atoms with Gasteiger partial charge >= 0.3 is 0 Å². The minimum Gasteiger partial charge on any atom is -0.508 e. The van der Waals surface area contributed by atoms with Crippen molar-refractivity contribution in [2.75, 3.05) is 7.05 Å². The zero-order valence-electron chi connectivity index (χ0n) is 10.2. The molecule has 1 heterocycles. The van der Waals surface area contributed by atoms with Crippen LogP contribution in [0, 0.1) is 0 Å². The number of phenols is 1. The molecule has 0 bridgehead atoms. The highest BCUT2D eigenvalue weighted by molar-refractivity contribution is 7.09. The number of para-hydroxylation sites is 1. The van der Waals surface area contributed by atoms with E-state index in [9.17, 15) is 9.90 Å². The molecule has 0 radical (unpaired) electrons. The number of benzene rings is 1. The highest BCUT2D eigenvalue weighted by Crippen LogP contribution is 2.17. The molecular formula is C14H15NO2S. The van der Waals surface area contributed by atoms with Crippen molar-refractivity contribution in [1.29, 1.82) is 0 Å². The molecule has 1 aromatic carbocycles. The molecule has 4 heteroatoms. The largest absolute Gasteiger partial charge is 0.508 e. The maximum Gasteiger partial charge on any atom is 0.227 e. The molecule has 18 heavy (non-hydrogen) atoms. The van der Waals surface area contributed by atoms with Gasteiger partial charge in [0, 0.05) is 17.5 Å². The number of nitrogens with zero attached hydrogens (tertiary/aromatic N) is 1. The monoisotopic (exact) mass is 261 g/mol. The van der Waals surface area contributed by atoms with Crippen LogP contribution in [0.3, 0.4) is 0 Å². The zero-order chi connectivity index (χ0) is 13.0. The topological polar surface area (TPSA) is 40.5 Å². The molecule has 0 aliphatic rings. The molecule has 1 amide bonds. The van der Waals surface area contributed by atoms with Crippen molar-refractivity contribution in [2.24, 2.45) is 0 Å². The molecule has 0 spiro atoms. The minimum absolute atomic E-state index is 0.00454. The van der Waals surface area contributed by atoms with Crippen LogP contribution in [0.4, 0.5) is 0 Å². The predicted octanol–water partition coefficient (Wildman–Crippen LogP) is 2.65. The van der Waals surface area contributed by atoms with E-state index in [2.05, 4.69) is 0 Å². The lowest BCUT2D eigenvalue weighted by Crippen LogP contribution is -2.27. The molecule has 1 N–H and O–H groups in total. The highest BCUT2D eigenvalue weighted by atomic mass is 32.1. The summed E-state index contributed by atoms with van der Waals surface area (Å²) in [6, 6.07) is 10.9. The summed E-state index contributed by atoms with van der Waals surface area (Å²) in [5.41, 5.74) is 0.667. The number of thiophene rings is 1. The van der Waals surface area contributed by atoms with E-state index < -0.39 is 0 Å². The van der Waals surface area contributed by atoms with Crippen LogP contribution in [0.5, 0.6) is 5.75 Å². The van der Waals surface area contributed by atoms with E-state index in [0.717, 1.165) is 4.88 Å². The summed E-state index contributed by atoms with van der Waals surface area (Å²) in [6.45, 7) is 0.615. The van der Waals surface area contributed by atoms with Crippen molar-refractivity contribution >= 4 is 17.2 Å². The summed E-state index contributed by atoms with van der Waals surface area (Å²) in [6.07, 6.45) is 0.231. The minimum atomic E-state index is 0.00454. The van der Waals surface area contributed by atoms with E-state index in [-0.39, 0.29) is 18.1 Å². The van der Waals surface area contributed by atoms with Crippen LogP contribution in [-0.4, -0.2) is 23.0 Å². The van der Waals surface area contributed by atoms with Crippen molar-refractivity contribution in [2.45, 2.75) is 13.0 Å². The third kappa shape index (κ3) is 3.11. The molecule has 0 aliphatic carbocycles. The van der Waals surface area contributed by atoms with Crippen LogP contribution in [0.15, 0.2) is 41.8 Å². The molecule has 0 aliphatic heterocycles. The molecule has 0 atom stereocenters. The molecule has 2 rings (SSSR count). The van der Waals surface area contributed by atoms with E-state index in [1.54, 1.807) is 41.5 Å². The normalized spacial score (nSPS) is 10.3. The third-order valence-electron chi connectivity index (χ3n) is 2.73. The fourth-order valence-electron chi connectivity index (χ4n) is 1.68. The van der Waals surface area contributed by atoms with Crippen LogP contribution >= 0.6 is 11.3 Å². The Balaban J connectivity index is 1.98. The Bertz CT molecular complexity index is 522. The number of aromatic hydroxyl groups is 1. The molecule has 0 saturated carbocycles. The molecule has 0 fully saturated rings. The highest BCUT2D eigenvalue weighted by Gasteiger charge is 2.12. The lowest BCUT2D eigenvalue weighted by atomic mass is 10.1. The second-order valence-corrected chi connectivity index (χ2v) is 5.17. The van der Waals surface area contributed by atoms with Gasteiger partial charge in [0.15, 0.2) is 0 Å². The van der Waals surface area contributed by atoms with Crippen LogP contribution < -0.4 is 0 Å². The van der Waals surface area contributed by atoms with Crippen molar-refractivity contribution in [3.05, 3.63) is 52.2 Å². The second-order valence-electron chi connectivity index (χ2n) is 4.13. The number of phenolic OH excluding ortho intramolecular Hbond substituents is 1. The zero-order valence-corrected chi connectivity index (χ0v) is 11.0. The number of rotatable bonds is 4. The Morgan fingerprint density at radius 1 is 1.28 bits per heavy atom. The Hall–Kier alpha value is -1.81. The van der Waals surface area contributed by atoms with Gasteiger partial charge in [-0.25, -0.2) is 0 Å². The van der Waals surface area contributed by atoms with E-state index in [1.165, 1.54) is 0 Å². The van der Waals surface area contributed by atoms with Gasteiger partial charge in [0.25, 0.3) is 0 Å². The summed E-state index contributed by atoms with van der Waals surface area (Å²) in [7, 11) is 1.78. The van der Waals surface area contributed by atoms with Gasteiger partial charge < -0.3 is 10.0 Å². The van der Waals surface area contributed by atoms with Crippen LogP contribution in [-0.2, 0) is 17.8 Å². The van der Waals surface area contributed by atoms with E-state index >= 15 is 0 Å². The van der Waals surface area contributed by atoms with E-state index in [4.69, 9.17) is 0 Å². The predicted molar refractivity (Wildman–Crippen MR) is 72.6 cm³/mol. The van der Waals surface area contributed by atoms with Crippen molar-refractivity contribution in [3.63, 3.8) is 0 Å². The quantitative estimate of drug-likeness (QED) is 0.919. The molecule has 2 aromatic rings. The van der Waals surface area contributed by atoms with Gasteiger partial charge in [0.2, 0.25) is 5.91 Å². The number of hydrogen-bond acceptors (Lipinski definition) is 3.